The lowest BCUT2D eigenvalue weighted by Crippen LogP contribution is -2.26. The molecule has 0 saturated carbocycles. The molecule has 21 heavy (non-hydrogen) atoms. The number of benzene rings is 1. The van der Waals surface area contributed by atoms with Crippen LogP contribution in [-0.4, -0.2) is 33.7 Å². The van der Waals surface area contributed by atoms with E-state index in [4.69, 9.17) is 31.8 Å². The Labute approximate surface area is 140 Å². The molecule has 1 aromatic rings. The van der Waals surface area contributed by atoms with Gasteiger partial charge in [-0.3, -0.25) is 0 Å². The van der Waals surface area contributed by atoms with Crippen LogP contribution < -0.4 is 0 Å². The highest BCUT2D eigenvalue weighted by molar-refractivity contribution is 9.10. The van der Waals surface area contributed by atoms with Crippen molar-refractivity contribution in [1.29, 1.82) is 0 Å². The van der Waals surface area contributed by atoms with Crippen molar-refractivity contribution in [3.63, 3.8) is 0 Å². The molecule has 116 valence electrons. The molecule has 1 fully saturated rings. The highest BCUT2D eigenvalue weighted by Crippen LogP contribution is 2.33. The molecule has 1 heterocycles. The molecular formula is C12H11BrCl2O5S. The molecule has 1 saturated heterocycles. The van der Waals surface area contributed by atoms with E-state index in [9.17, 15) is 13.2 Å². The molecule has 0 N–H and O–H groups in total. The Morgan fingerprint density at radius 3 is 2.52 bits per heavy atom. The summed E-state index contributed by atoms with van der Waals surface area (Å²) in [5.41, 5.74) is 0.0360. The number of carbonyl (C=O) groups is 1. The van der Waals surface area contributed by atoms with Crippen molar-refractivity contribution < 1.29 is 22.7 Å². The molecular weight excluding hydrogens is 407 g/mol. The number of ether oxygens (including phenoxy) is 2. The zero-order chi connectivity index (χ0) is 15.6. The van der Waals surface area contributed by atoms with E-state index in [0.29, 0.717) is 26.1 Å². The van der Waals surface area contributed by atoms with E-state index in [1.807, 2.05) is 0 Å². The van der Waals surface area contributed by atoms with Gasteiger partial charge in [0.1, 0.15) is 6.10 Å². The first-order chi connectivity index (χ1) is 9.79. The second-order valence-corrected chi connectivity index (χ2v) is 8.16. The van der Waals surface area contributed by atoms with Crippen molar-refractivity contribution in [2.45, 2.75) is 23.8 Å². The zero-order valence-corrected chi connectivity index (χ0v) is 14.6. The van der Waals surface area contributed by atoms with Gasteiger partial charge in [-0.25, -0.2) is 13.2 Å². The molecule has 1 aromatic carbocycles. The third kappa shape index (κ3) is 4.32. The summed E-state index contributed by atoms with van der Waals surface area (Å²) in [7, 11) is 1.29. The first-order valence-electron chi connectivity index (χ1n) is 6.01. The largest absolute Gasteiger partial charge is 0.459 e. The zero-order valence-electron chi connectivity index (χ0n) is 10.6. The molecule has 0 bridgehead atoms. The van der Waals surface area contributed by atoms with Gasteiger partial charge in [-0.2, -0.15) is 0 Å². The summed E-state index contributed by atoms with van der Waals surface area (Å²) in [6, 6.07) is 2.47. The first kappa shape index (κ1) is 17.0. The summed E-state index contributed by atoms with van der Waals surface area (Å²) in [6.07, 6.45) is 0.970. The van der Waals surface area contributed by atoms with Gasteiger partial charge >= 0.3 is 5.97 Å². The van der Waals surface area contributed by atoms with Crippen LogP contribution in [0.25, 0.3) is 0 Å². The van der Waals surface area contributed by atoms with Gasteiger partial charge in [0.25, 0.3) is 9.05 Å². The third-order valence-electron chi connectivity index (χ3n) is 2.94. The summed E-state index contributed by atoms with van der Waals surface area (Å²) < 4.78 is 33.5. The molecule has 0 amide bonds. The third-order valence-corrected chi connectivity index (χ3v) is 5.92. The fourth-order valence-corrected chi connectivity index (χ4v) is 4.25. The van der Waals surface area contributed by atoms with Crippen LogP contribution in [0.15, 0.2) is 21.5 Å². The highest BCUT2D eigenvalue weighted by atomic mass is 79.9. The van der Waals surface area contributed by atoms with Crippen molar-refractivity contribution in [3.05, 3.63) is 27.2 Å². The van der Waals surface area contributed by atoms with E-state index in [1.165, 1.54) is 6.07 Å². The van der Waals surface area contributed by atoms with Crippen molar-refractivity contribution >= 4 is 53.2 Å². The number of carbonyl (C=O) groups excluding carboxylic acids is 1. The molecule has 1 aliphatic heterocycles. The monoisotopic (exact) mass is 416 g/mol. The van der Waals surface area contributed by atoms with E-state index in [1.54, 1.807) is 0 Å². The fraction of sp³-hybridized carbons (Fsp3) is 0.417. The van der Waals surface area contributed by atoms with Crippen molar-refractivity contribution in [1.82, 2.24) is 0 Å². The van der Waals surface area contributed by atoms with Crippen LogP contribution >= 0.6 is 38.2 Å². The maximum Gasteiger partial charge on any atom is 0.338 e. The van der Waals surface area contributed by atoms with Crippen LogP contribution in [0.5, 0.6) is 0 Å². The van der Waals surface area contributed by atoms with E-state index in [2.05, 4.69) is 15.9 Å². The predicted octanol–water partition coefficient (Wildman–Crippen LogP) is 3.37. The minimum absolute atomic E-state index is 0.0360. The van der Waals surface area contributed by atoms with Crippen molar-refractivity contribution in [2.75, 3.05) is 13.2 Å². The number of rotatable bonds is 3. The predicted molar refractivity (Wildman–Crippen MR) is 81.4 cm³/mol. The number of esters is 1. The Bertz CT molecular complexity index is 656. The Morgan fingerprint density at radius 2 is 1.95 bits per heavy atom. The van der Waals surface area contributed by atoms with Gasteiger partial charge in [-0.15, -0.1) is 0 Å². The Hall–Kier alpha value is -0.340. The van der Waals surface area contributed by atoms with E-state index in [-0.39, 0.29) is 26.1 Å². The normalized spacial score (nSPS) is 16.7. The highest BCUT2D eigenvalue weighted by Gasteiger charge is 2.23. The Morgan fingerprint density at radius 1 is 1.33 bits per heavy atom. The van der Waals surface area contributed by atoms with Crippen LogP contribution in [0.1, 0.15) is 23.2 Å². The Kier molecular flexibility index (Phi) is 5.54. The maximum atomic E-state index is 12.1. The Balaban J connectivity index is 2.27. The van der Waals surface area contributed by atoms with Crippen LogP contribution in [0.2, 0.25) is 5.02 Å². The van der Waals surface area contributed by atoms with Crippen LogP contribution in [-0.2, 0) is 18.5 Å². The smallest absolute Gasteiger partial charge is 0.338 e. The summed E-state index contributed by atoms with van der Waals surface area (Å²) in [5, 5.41) is 0.0654. The number of halogens is 3. The lowest BCUT2D eigenvalue weighted by molar-refractivity contribution is -0.0159. The van der Waals surface area contributed by atoms with Gasteiger partial charge in [0.05, 0.1) is 33.2 Å². The van der Waals surface area contributed by atoms with Gasteiger partial charge in [0.2, 0.25) is 0 Å². The molecule has 0 unspecified atom stereocenters. The van der Waals surface area contributed by atoms with E-state index < -0.39 is 15.0 Å². The second kappa shape index (κ2) is 6.83. The van der Waals surface area contributed by atoms with Crippen LogP contribution in [0, 0.1) is 0 Å². The topological polar surface area (TPSA) is 69.7 Å². The summed E-state index contributed by atoms with van der Waals surface area (Å²) in [5.74, 6) is -0.641. The minimum atomic E-state index is -4.03. The molecule has 0 aliphatic carbocycles. The van der Waals surface area contributed by atoms with Gasteiger partial charge in [0.15, 0.2) is 0 Å². The lowest BCUT2D eigenvalue weighted by Gasteiger charge is -2.22. The molecule has 1 aliphatic rings. The van der Waals surface area contributed by atoms with Gasteiger partial charge in [-0.1, -0.05) is 11.6 Å². The minimum Gasteiger partial charge on any atom is -0.459 e. The van der Waals surface area contributed by atoms with Gasteiger partial charge in [-0.05, 0) is 28.1 Å². The summed E-state index contributed by atoms with van der Waals surface area (Å²) in [4.78, 5) is 11.8. The van der Waals surface area contributed by atoms with Crippen molar-refractivity contribution in [2.24, 2.45) is 0 Å². The molecule has 0 radical (unpaired) electrons. The molecule has 2 rings (SSSR count). The molecule has 5 nitrogen and oxygen atoms in total. The molecule has 0 aromatic heterocycles. The van der Waals surface area contributed by atoms with E-state index in [0.717, 1.165) is 6.07 Å². The summed E-state index contributed by atoms with van der Waals surface area (Å²) in [6.45, 7) is 1.06. The standard InChI is InChI=1S/C12H11BrCl2O5S/c13-11-9(14)5-7(6-10(11)21(15,17)18)12(16)20-8-1-3-19-4-2-8/h5-6,8H,1-4H2. The van der Waals surface area contributed by atoms with Crippen LogP contribution in [0.4, 0.5) is 0 Å². The first-order valence-corrected chi connectivity index (χ1v) is 9.49. The van der Waals surface area contributed by atoms with Crippen LogP contribution in [0.3, 0.4) is 0 Å². The van der Waals surface area contributed by atoms with Gasteiger partial charge in [0, 0.05) is 23.5 Å². The molecule has 0 atom stereocenters. The molecule has 9 heteroatoms. The fourth-order valence-electron chi connectivity index (χ4n) is 1.87. The maximum absolute atomic E-state index is 12.1. The second-order valence-electron chi connectivity index (χ2n) is 4.43. The number of hydrogen-bond donors (Lipinski definition) is 0. The number of hydrogen-bond acceptors (Lipinski definition) is 5. The van der Waals surface area contributed by atoms with Crippen molar-refractivity contribution in [3.8, 4) is 0 Å². The summed E-state index contributed by atoms with van der Waals surface area (Å²) >= 11 is 8.95. The quantitative estimate of drug-likeness (QED) is 0.557. The lowest BCUT2D eigenvalue weighted by atomic mass is 10.1. The average Bonchev–Trinajstić information content (AvgIpc) is 2.41. The van der Waals surface area contributed by atoms with E-state index >= 15 is 0 Å². The SMILES string of the molecule is O=C(OC1CCOCC1)c1cc(Cl)c(Br)c(S(=O)(=O)Cl)c1. The molecule has 0 spiro atoms. The average molecular weight is 418 g/mol. The van der Waals surface area contributed by atoms with Gasteiger partial charge < -0.3 is 9.47 Å².